The molecule has 1 heterocycles. The van der Waals surface area contributed by atoms with Crippen LogP contribution in [0.4, 0.5) is 11.4 Å². The number of para-hydroxylation sites is 2. The Morgan fingerprint density at radius 2 is 1.56 bits per heavy atom. The van der Waals surface area contributed by atoms with Gasteiger partial charge in [0.15, 0.2) is 5.76 Å². The number of methoxy groups -OCH3 is 1. The molecule has 0 aliphatic carbocycles. The lowest BCUT2D eigenvalue weighted by molar-refractivity contribution is 0.0601. The molecule has 0 spiro atoms. The number of esters is 1. The van der Waals surface area contributed by atoms with E-state index < -0.39 is 0 Å². The van der Waals surface area contributed by atoms with Gasteiger partial charge in [-0.1, -0.05) is 54.6 Å². The van der Waals surface area contributed by atoms with Gasteiger partial charge in [0.25, 0.3) is 5.91 Å². The Balaban J connectivity index is 1.46. The lowest BCUT2D eigenvalue weighted by Crippen LogP contribution is -2.13. The van der Waals surface area contributed by atoms with Crippen LogP contribution in [0.2, 0.25) is 0 Å². The summed E-state index contributed by atoms with van der Waals surface area (Å²) in [6, 6.07) is 26.1. The molecule has 0 atom stereocenters. The summed E-state index contributed by atoms with van der Waals surface area (Å²) in [6.07, 6.45) is 1.46. The van der Waals surface area contributed by atoms with E-state index in [0.29, 0.717) is 17.8 Å². The lowest BCUT2D eigenvalue weighted by atomic mass is 9.98. The van der Waals surface area contributed by atoms with Crippen LogP contribution in [-0.4, -0.2) is 19.0 Å². The standard InChI is InChI=1S/C26H22N2O4/c1-31-26(30)21-8-3-2-7-20(21)19-14-12-18(13-15-19)17-27-22-9-4-5-10-23(22)28-25(29)24-11-6-16-32-24/h2-16,27H,17H2,1H3,(H,28,29). The summed E-state index contributed by atoms with van der Waals surface area (Å²) in [5.74, 6) is -0.417. The molecule has 0 saturated carbocycles. The Bertz CT molecular complexity index is 1210. The van der Waals surface area contributed by atoms with E-state index in [-0.39, 0.29) is 17.6 Å². The second kappa shape index (κ2) is 9.66. The fraction of sp³-hybridized carbons (Fsp3) is 0.0769. The number of anilines is 2. The van der Waals surface area contributed by atoms with E-state index in [4.69, 9.17) is 9.15 Å². The minimum atomic E-state index is -0.362. The highest BCUT2D eigenvalue weighted by molar-refractivity contribution is 6.04. The number of benzene rings is 3. The van der Waals surface area contributed by atoms with E-state index in [1.807, 2.05) is 66.7 Å². The number of amides is 1. The molecule has 0 aliphatic rings. The van der Waals surface area contributed by atoms with Gasteiger partial charge in [-0.2, -0.15) is 0 Å². The van der Waals surface area contributed by atoms with Gasteiger partial charge in [0.2, 0.25) is 0 Å². The molecule has 0 saturated heterocycles. The molecule has 4 rings (SSSR count). The Hall–Kier alpha value is -4.32. The van der Waals surface area contributed by atoms with Crippen molar-refractivity contribution in [3.8, 4) is 11.1 Å². The van der Waals surface area contributed by atoms with Crippen LogP contribution in [0.5, 0.6) is 0 Å². The third-order valence-corrected chi connectivity index (χ3v) is 5.00. The van der Waals surface area contributed by atoms with Crippen molar-refractivity contribution in [2.45, 2.75) is 6.54 Å². The monoisotopic (exact) mass is 426 g/mol. The molecule has 6 nitrogen and oxygen atoms in total. The second-order valence-corrected chi connectivity index (χ2v) is 7.06. The van der Waals surface area contributed by atoms with Crippen LogP contribution in [0.15, 0.2) is 95.6 Å². The molecular formula is C26H22N2O4. The van der Waals surface area contributed by atoms with E-state index in [2.05, 4.69) is 10.6 Å². The molecule has 3 aromatic carbocycles. The van der Waals surface area contributed by atoms with Crippen molar-refractivity contribution in [2.75, 3.05) is 17.7 Å². The fourth-order valence-corrected chi connectivity index (χ4v) is 3.36. The molecule has 2 N–H and O–H groups in total. The molecular weight excluding hydrogens is 404 g/mol. The van der Waals surface area contributed by atoms with Crippen LogP contribution in [0, 0.1) is 0 Å². The molecule has 4 aromatic rings. The quantitative estimate of drug-likeness (QED) is 0.376. The number of furan rings is 1. The van der Waals surface area contributed by atoms with Gasteiger partial charge in [0.05, 0.1) is 30.3 Å². The van der Waals surface area contributed by atoms with Crippen LogP contribution >= 0.6 is 0 Å². The number of carbonyl (C=O) groups excluding carboxylic acids is 2. The molecule has 0 bridgehead atoms. The highest BCUT2D eigenvalue weighted by Crippen LogP contribution is 2.26. The predicted octanol–water partition coefficient (Wildman–Crippen LogP) is 5.60. The predicted molar refractivity (Wildman–Crippen MR) is 124 cm³/mol. The first kappa shape index (κ1) is 20.9. The average molecular weight is 426 g/mol. The number of hydrogen-bond donors (Lipinski definition) is 2. The van der Waals surface area contributed by atoms with Gasteiger partial charge >= 0.3 is 5.97 Å². The van der Waals surface area contributed by atoms with Crippen LogP contribution < -0.4 is 10.6 Å². The van der Waals surface area contributed by atoms with Crippen molar-refractivity contribution < 1.29 is 18.7 Å². The van der Waals surface area contributed by atoms with E-state index in [0.717, 1.165) is 22.4 Å². The summed E-state index contributed by atoms with van der Waals surface area (Å²) in [6.45, 7) is 0.562. The smallest absolute Gasteiger partial charge is 0.338 e. The normalized spacial score (nSPS) is 10.4. The van der Waals surface area contributed by atoms with Gasteiger partial charge in [0.1, 0.15) is 0 Å². The topological polar surface area (TPSA) is 80.6 Å². The fourth-order valence-electron chi connectivity index (χ4n) is 3.36. The summed E-state index contributed by atoms with van der Waals surface area (Å²) >= 11 is 0. The van der Waals surface area contributed by atoms with Gasteiger partial charge < -0.3 is 19.8 Å². The van der Waals surface area contributed by atoms with Crippen LogP contribution in [0.25, 0.3) is 11.1 Å². The minimum Gasteiger partial charge on any atom is -0.465 e. The Morgan fingerprint density at radius 3 is 2.28 bits per heavy atom. The van der Waals surface area contributed by atoms with Crippen LogP contribution in [0.3, 0.4) is 0 Å². The molecule has 0 unspecified atom stereocenters. The zero-order valence-electron chi connectivity index (χ0n) is 17.5. The number of rotatable bonds is 7. The van der Waals surface area contributed by atoms with Gasteiger partial charge in [-0.25, -0.2) is 4.79 Å². The summed E-state index contributed by atoms with van der Waals surface area (Å²) in [7, 11) is 1.38. The number of hydrogen-bond acceptors (Lipinski definition) is 5. The van der Waals surface area contributed by atoms with Crippen molar-refractivity contribution in [1.29, 1.82) is 0 Å². The van der Waals surface area contributed by atoms with E-state index >= 15 is 0 Å². The Kier molecular flexibility index (Phi) is 6.32. The third kappa shape index (κ3) is 4.70. The van der Waals surface area contributed by atoms with Gasteiger partial charge in [0, 0.05) is 6.54 Å². The maximum atomic E-state index is 12.3. The van der Waals surface area contributed by atoms with E-state index in [1.54, 1.807) is 18.2 Å². The minimum absolute atomic E-state index is 0.252. The van der Waals surface area contributed by atoms with Crippen LogP contribution in [-0.2, 0) is 11.3 Å². The SMILES string of the molecule is COC(=O)c1ccccc1-c1ccc(CNc2ccccc2NC(=O)c2ccco2)cc1. The maximum Gasteiger partial charge on any atom is 0.338 e. The van der Waals surface area contributed by atoms with E-state index in [1.165, 1.54) is 13.4 Å². The third-order valence-electron chi connectivity index (χ3n) is 5.00. The molecule has 0 fully saturated rings. The van der Waals surface area contributed by atoms with Gasteiger partial charge in [-0.05, 0) is 47.0 Å². The number of carbonyl (C=O) groups is 2. The van der Waals surface area contributed by atoms with Crippen molar-refractivity contribution >= 4 is 23.3 Å². The summed E-state index contributed by atoms with van der Waals surface area (Å²) in [4.78, 5) is 24.4. The Labute approximate surface area is 185 Å². The average Bonchev–Trinajstić information content (AvgIpc) is 3.39. The Morgan fingerprint density at radius 1 is 0.844 bits per heavy atom. The first-order chi connectivity index (χ1) is 15.7. The van der Waals surface area contributed by atoms with Gasteiger partial charge in [-0.3, -0.25) is 4.79 Å². The maximum absolute atomic E-state index is 12.3. The number of ether oxygens (including phenoxy) is 1. The zero-order valence-corrected chi connectivity index (χ0v) is 17.5. The largest absolute Gasteiger partial charge is 0.465 e. The van der Waals surface area contributed by atoms with Gasteiger partial charge in [-0.15, -0.1) is 0 Å². The number of nitrogens with one attached hydrogen (secondary N) is 2. The summed E-state index contributed by atoms with van der Waals surface area (Å²) < 4.78 is 10.0. The highest BCUT2D eigenvalue weighted by Gasteiger charge is 2.13. The first-order valence-corrected chi connectivity index (χ1v) is 10.1. The first-order valence-electron chi connectivity index (χ1n) is 10.1. The van der Waals surface area contributed by atoms with Crippen molar-refractivity contribution in [2.24, 2.45) is 0 Å². The molecule has 1 amide bonds. The molecule has 1 aromatic heterocycles. The van der Waals surface area contributed by atoms with Crippen molar-refractivity contribution in [1.82, 2.24) is 0 Å². The summed E-state index contributed by atoms with van der Waals surface area (Å²) in [5, 5.41) is 6.22. The van der Waals surface area contributed by atoms with E-state index in [9.17, 15) is 9.59 Å². The highest BCUT2D eigenvalue weighted by atomic mass is 16.5. The molecule has 160 valence electrons. The zero-order chi connectivity index (χ0) is 22.3. The summed E-state index contributed by atoms with van der Waals surface area (Å²) in [5.41, 5.74) is 4.80. The molecule has 0 aliphatic heterocycles. The van der Waals surface area contributed by atoms with Crippen molar-refractivity contribution in [3.05, 3.63) is 108 Å². The second-order valence-electron chi connectivity index (χ2n) is 7.06. The van der Waals surface area contributed by atoms with Crippen LogP contribution in [0.1, 0.15) is 26.5 Å². The van der Waals surface area contributed by atoms with Crippen molar-refractivity contribution in [3.63, 3.8) is 0 Å². The molecule has 32 heavy (non-hydrogen) atoms. The lowest BCUT2D eigenvalue weighted by Gasteiger charge is -2.13. The molecule has 0 radical (unpaired) electrons. The molecule has 6 heteroatoms.